The Labute approximate surface area is 170 Å². The maximum absolute atomic E-state index is 12.7. The zero-order chi connectivity index (χ0) is 20.8. The Morgan fingerprint density at radius 2 is 1.28 bits per heavy atom. The fourth-order valence-corrected chi connectivity index (χ4v) is 3.68. The standard InChI is InChI=1S/C23H26N2O4/c1-15-7-3-5-9-19(15)24-21(26)16-11-13-17(14-12-16)22(27)25-20-10-6-4-8-18(20)23(28)29-2/h3-10,16-17H,11-14H2,1-2H3,(H,24,26)(H,25,27). The van der Waals surface area contributed by atoms with Gasteiger partial charge in [0.05, 0.1) is 18.4 Å². The van der Waals surface area contributed by atoms with Gasteiger partial charge < -0.3 is 15.4 Å². The number of benzene rings is 2. The van der Waals surface area contributed by atoms with Crippen molar-refractivity contribution in [2.45, 2.75) is 32.6 Å². The Kier molecular flexibility index (Phi) is 6.65. The third-order valence-electron chi connectivity index (χ3n) is 5.46. The summed E-state index contributed by atoms with van der Waals surface area (Å²) in [5.74, 6) is -0.880. The van der Waals surface area contributed by atoms with Crippen LogP contribution < -0.4 is 10.6 Å². The molecule has 0 unspecified atom stereocenters. The molecule has 2 amide bonds. The molecule has 1 saturated carbocycles. The highest BCUT2D eigenvalue weighted by atomic mass is 16.5. The molecule has 2 N–H and O–H groups in total. The van der Waals surface area contributed by atoms with Crippen LogP contribution in [0.25, 0.3) is 0 Å². The lowest BCUT2D eigenvalue weighted by Crippen LogP contribution is -2.32. The van der Waals surface area contributed by atoms with Crippen molar-refractivity contribution < 1.29 is 19.1 Å². The zero-order valence-electron chi connectivity index (χ0n) is 16.7. The third-order valence-corrected chi connectivity index (χ3v) is 5.46. The third kappa shape index (κ3) is 5.02. The van der Waals surface area contributed by atoms with Gasteiger partial charge in [0.2, 0.25) is 11.8 Å². The Balaban J connectivity index is 1.55. The maximum Gasteiger partial charge on any atom is 0.339 e. The van der Waals surface area contributed by atoms with Crippen molar-refractivity contribution in [1.82, 2.24) is 0 Å². The van der Waals surface area contributed by atoms with E-state index < -0.39 is 5.97 Å². The van der Waals surface area contributed by atoms with Gasteiger partial charge in [-0.15, -0.1) is 0 Å². The van der Waals surface area contributed by atoms with E-state index in [1.54, 1.807) is 24.3 Å². The number of hydrogen-bond acceptors (Lipinski definition) is 4. The van der Waals surface area contributed by atoms with Crippen LogP contribution in [0.3, 0.4) is 0 Å². The molecular weight excluding hydrogens is 368 g/mol. The molecule has 1 fully saturated rings. The number of hydrogen-bond donors (Lipinski definition) is 2. The molecule has 3 rings (SSSR count). The molecule has 0 radical (unpaired) electrons. The lowest BCUT2D eigenvalue weighted by Gasteiger charge is -2.27. The molecule has 0 bridgehead atoms. The Morgan fingerprint density at radius 1 is 0.793 bits per heavy atom. The lowest BCUT2D eigenvalue weighted by molar-refractivity contribution is -0.125. The van der Waals surface area contributed by atoms with Gasteiger partial charge in [0.1, 0.15) is 0 Å². The van der Waals surface area contributed by atoms with Crippen LogP contribution >= 0.6 is 0 Å². The molecule has 0 spiro atoms. The first-order chi connectivity index (χ1) is 14.0. The summed E-state index contributed by atoms with van der Waals surface area (Å²) in [7, 11) is 1.31. The number of aryl methyl sites for hydroxylation is 1. The number of methoxy groups -OCH3 is 1. The lowest BCUT2D eigenvalue weighted by atomic mass is 9.81. The van der Waals surface area contributed by atoms with Gasteiger partial charge in [0.15, 0.2) is 0 Å². The van der Waals surface area contributed by atoms with Gasteiger partial charge in [-0.2, -0.15) is 0 Å². The summed E-state index contributed by atoms with van der Waals surface area (Å²) in [4.78, 5) is 37.1. The maximum atomic E-state index is 12.7. The number of carbonyl (C=O) groups excluding carboxylic acids is 3. The first-order valence-electron chi connectivity index (χ1n) is 9.84. The molecule has 29 heavy (non-hydrogen) atoms. The van der Waals surface area contributed by atoms with E-state index in [0.29, 0.717) is 36.9 Å². The minimum atomic E-state index is -0.488. The van der Waals surface area contributed by atoms with Crippen molar-refractivity contribution in [2.75, 3.05) is 17.7 Å². The second kappa shape index (κ2) is 9.37. The van der Waals surface area contributed by atoms with Gasteiger partial charge in [0.25, 0.3) is 0 Å². The summed E-state index contributed by atoms with van der Waals surface area (Å²) in [6.45, 7) is 1.96. The molecule has 1 aliphatic carbocycles. The van der Waals surface area contributed by atoms with Gasteiger partial charge in [0, 0.05) is 17.5 Å². The monoisotopic (exact) mass is 394 g/mol. The van der Waals surface area contributed by atoms with E-state index in [1.807, 2.05) is 31.2 Å². The highest BCUT2D eigenvalue weighted by Gasteiger charge is 2.30. The van der Waals surface area contributed by atoms with Crippen molar-refractivity contribution in [3.8, 4) is 0 Å². The molecule has 2 aromatic rings. The van der Waals surface area contributed by atoms with Crippen LogP contribution in [-0.2, 0) is 14.3 Å². The van der Waals surface area contributed by atoms with Crippen molar-refractivity contribution in [3.05, 3.63) is 59.7 Å². The quantitative estimate of drug-likeness (QED) is 0.746. The van der Waals surface area contributed by atoms with Crippen molar-refractivity contribution in [2.24, 2.45) is 11.8 Å². The number of ether oxygens (including phenoxy) is 1. The van der Waals surface area contributed by atoms with E-state index in [1.165, 1.54) is 7.11 Å². The van der Waals surface area contributed by atoms with Crippen LogP contribution in [-0.4, -0.2) is 24.9 Å². The van der Waals surface area contributed by atoms with Gasteiger partial charge in [-0.3, -0.25) is 9.59 Å². The molecule has 0 aromatic heterocycles. The average Bonchev–Trinajstić information content (AvgIpc) is 2.75. The summed E-state index contributed by atoms with van der Waals surface area (Å²) in [6.07, 6.45) is 2.60. The molecule has 0 heterocycles. The fourth-order valence-electron chi connectivity index (χ4n) is 3.68. The largest absolute Gasteiger partial charge is 0.465 e. The molecule has 2 aromatic carbocycles. The second-order valence-corrected chi connectivity index (χ2v) is 7.38. The molecule has 152 valence electrons. The summed E-state index contributed by atoms with van der Waals surface area (Å²) in [6, 6.07) is 14.5. The predicted molar refractivity (Wildman–Crippen MR) is 112 cm³/mol. The zero-order valence-corrected chi connectivity index (χ0v) is 16.7. The van der Waals surface area contributed by atoms with Crippen LogP contribution in [0, 0.1) is 18.8 Å². The summed E-state index contributed by atoms with van der Waals surface area (Å²) >= 11 is 0. The van der Waals surface area contributed by atoms with Crippen LogP contribution in [0.2, 0.25) is 0 Å². The number of para-hydroxylation sites is 2. The van der Waals surface area contributed by atoms with Crippen molar-refractivity contribution in [1.29, 1.82) is 0 Å². The van der Waals surface area contributed by atoms with E-state index in [0.717, 1.165) is 11.3 Å². The van der Waals surface area contributed by atoms with Crippen LogP contribution in [0.1, 0.15) is 41.6 Å². The van der Waals surface area contributed by atoms with Crippen molar-refractivity contribution >= 4 is 29.2 Å². The minimum absolute atomic E-state index is 0.00851. The first kappa shape index (κ1) is 20.6. The minimum Gasteiger partial charge on any atom is -0.465 e. The molecule has 0 aliphatic heterocycles. The average molecular weight is 394 g/mol. The Bertz CT molecular complexity index is 901. The van der Waals surface area contributed by atoms with E-state index in [-0.39, 0.29) is 23.7 Å². The molecule has 6 nitrogen and oxygen atoms in total. The van der Waals surface area contributed by atoms with Gasteiger partial charge in [-0.25, -0.2) is 4.79 Å². The topological polar surface area (TPSA) is 84.5 Å². The smallest absolute Gasteiger partial charge is 0.339 e. The van der Waals surface area contributed by atoms with E-state index in [2.05, 4.69) is 10.6 Å². The van der Waals surface area contributed by atoms with Crippen molar-refractivity contribution in [3.63, 3.8) is 0 Å². The second-order valence-electron chi connectivity index (χ2n) is 7.38. The Hall–Kier alpha value is -3.15. The van der Waals surface area contributed by atoms with Gasteiger partial charge in [-0.05, 0) is 56.4 Å². The van der Waals surface area contributed by atoms with E-state index >= 15 is 0 Å². The number of amides is 2. The predicted octanol–water partition coefficient (Wildman–Crippen LogP) is 4.17. The molecule has 1 aliphatic rings. The highest BCUT2D eigenvalue weighted by Crippen LogP contribution is 2.31. The van der Waals surface area contributed by atoms with E-state index in [9.17, 15) is 14.4 Å². The molecule has 0 saturated heterocycles. The van der Waals surface area contributed by atoms with Crippen LogP contribution in [0.15, 0.2) is 48.5 Å². The summed E-state index contributed by atoms with van der Waals surface area (Å²) < 4.78 is 4.77. The highest BCUT2D eigenvalue weighted by molar-refractivity contribution is 6.02. The van der Waals surface area contributed by atoms with Crippen LogP contribution in [0.5, 0.6) is 0 Å². The van der Waals surface area contributed by atoms with Crippen LogP contribution in [0.4, 0.5) is 11.4 Å². The first-order valence-corrected chi connectivity index (χ1v) is 9.84. The summed E-state index contributed by atoms with van der Waals surface area (Å²) in [5, 5.41) is 5.85. The number of carbonyl (C=O) groups is 3. The molecular formula is C23H26N2O4. The number of nitrogens with one attached hydrogen (secondary N) is 2. The molecule has 0 atom stereocenters. The van der Waals surface area contributed by atoms with Gasteiger partial charge in [-0.1, -0.05) is 30.3 Å². The normalized spacial score (nSPS) is 18.6. The number of esters is 1. The Morgan fingerprint density at radius 3 is 1.83 bits per heavy atom. The van der Waals surface area contributed by atoms with Gasteiger partial charge >= 0.3 is 5.97 Å². The molecule has 6 heteroatoms. The summed E-state index contributed by atoms with van der Waals surface area (Å²) in [5.41, 5.74) is 2.63. The fraction of sp³-hybridized carbons (Fsp3) is 0.348. The van der Waals surface area contributed by atoms with E-state index in [4.69, 9.17) is 4.74 Å². The number of rotatable bonds is 5. The SMILES string of the molecule is COC(=O)c1ccccc1NC(=O)C1CCC(C(=O)Nc2ccccc2C)CC1. The number of anilines is 2.